The number of aliphatic imine (C=N–C) groups is 2. The predicted octanol–water partition coefficient (Wildman–Crippen LogP) is 1.83. The molecule has 3 heterocycles. The first kappa shape index (κ1) is 17.4. The van der Waals surface area contributed by atoms with Gasteiger partial charge in [-0.1, -0.05) is 0 Å². The number of piperazine rings is 1. The zero-order chi connectivity index (χ0) is 18.8. The molecule has 4 rings (SSSR count). The first-order valence-electron chi connectivity index (χ1n) is 9.17. The van der Waals surface area contributed by atoms with E-state index in [9.17, 15) is 4.79 Å². The van der Waals surface area contributed by atoms with Crippen LogP contribution in [0.3, 0.4) is 0 Å². The highest BCUT2D eigenvalue weighted by Gasteiger charge is 2.28. The summed E-state index contributed by atoms with van der Waals surface area (Å²) in [6, 6.07) is 7.63. The third-order valence-electron chi connectivity index (χ3n) is 5.06. The molecule has 1 atom stereocenters. The molecule has 1 fully saturated rings. The lowest BCUT2D eigenvalue weighted by Crippen LogP contribution is -2.50. The number of nitrogens with zero attached hydrogens (tertiary/aromatic N) is 5. The number of anilines is 1. The van der Waals surface area contributed by atoms with E-state index < -0.39 is 0 Å². The van der Waals surface area contributed by atoms with Gasteiger partial charge in [0.2, 0.25) is 0 Å². The molecule has 27 heavy (non-hydrogen) atoms. The van der Waals surface area contributed by atoms with Gasteiger partial charge in [0.25, 0.3) is 0 Å². The first-order chi connectivity index (χ1) is 13.1. The molecule has 3 aliphatic rings. The van der Waals surface area contributed by atoms with Crippen molar-refractivity contribution in [3.8, 4) is 5.75 Å². The van der Waals surface area contributed by atoms with Crippen LogP contribution in [0, 0.1) is 0 Å². The molecule has 1 aromatic rings. The summed E-state index contributed by atoms with van der Waals surface area (Å²) in [7, 11) is 1.62. The fourth-order valence-corrected chi connectivity index (χ4v) is 3.38. The van der Waals surface area contributed by atoms with Gasteiger partial charge >= 0.3 is 6.03 Å². The van der Waals surface area contributed by atoms with Crippen molar-refractivity contribution in [3.63, 3.8) is 0 Å². The highest BCUT2D eigenvalue weighted by atomic mass is 16.5. The van der Waals surface area contributed by atoms with Crippen LogP contribution in [-0.4, -0.2) is 78.8 Å². The highest BCUT2D eigenvalue weighted by molar-refractivity contribution is 6.03. The van der Waals surface area contributed by atoms with Gasteiger partial charge in [-0.25, -0.2) is 9.79 Å². The average Bonchev–Trinajstić information content (AvgIpc) is 3.09. The average molecular weight is 368 g/mol. The third-order valence-corrected chi connectivity index (χ3v) is 5.06. The molecular weight excluding hydrogens is 344 g/mol. The second-order valence-corrected chi connectivity index (χ2v) is 6.84. The Balaban J connectivity index is 1.31. The van der Waals surface area contributed by atoms with Gasteiger partial charge in [0.15, 0.2) is 0 Å². The summed E-state index contributed by atoms with van der Waals surface area (Å²) >= 11 is 0. The van der Waals surface area contributed by atoms with E-state index in [1.165, 1.54) is 0 Å². The molecule has 8 heteroatoms. The smallest absolute Gasteiger partial charge is 0.321 e. The Morgan fingerprint density at radius 3 is 2.63 bits per heavy atom. The zero-order valence-electron chi connectivity index (χ0n) is 15.6. The molecule has 1 N–H and O–H groups in total. The molecule has 8 nitrogen and oxygen atoms in total. The molecule has 1 unspecified atom stereocenters. The fourth-order valence-electron chi connectivity index (χ4n) is 3.38. The van der Waals surface area contributed by atoms with Gasteiger partial charge in [-0.2, -0.15) is 0 Å². The van der Waals surface area contributed by atoms with Crippen molar-refractivity contribution in [2.24, 2.45) is 9.98 Å². The van der Waals surface area contributed by atoms with Crippen LogP contribution in [0.2, 0.25) is 0 Å². The van der Waals surface area contributed by atoms with E-state index in [1.807, 2.05) is 41.6 Å². The Morgan fingerprint density at radius 2 is 1.93 bits per heavy atom. The van der Waals surface area contributed by atoms with Crippen molar-refractivity contribution >= 4 is 23.9 Å². The van der Waals surface area contributed by atoms with E-state index >= 15 is 0 Å². The molecule has 0 spiro atoms. The molecular formula is C19H24N6O2. The maximum absolute atomic E-state index is 12.5. The molecule has 3 aliphatic heterocycles. The fraction of sp³-hybridized carbons (Fsp3) is 0.421. The number of nitrogens with one attached hydrogen (secondary N) is 1. The Hall–Kier alpha value is -3.03. The van der Waals surface area contributed by atoms with Crippen molar-refractivity contribution in [2.45, 2.75) is 13.0 Å². The summed E-state index contributed by atoms with van der Waals surface area (Å²) in [6.45, 7) is 5.76. The number of hydrogen-bond donors (Lipinski definition) is 1. The van der Waals surface area contributed by atoms with E-state index in [0.29, 0.717) is 19.1 Å². The van der Waals surface area contributed by atoms with Gasteiger partial charge in [0.05, 0.1) is 26.0 Å². The Morgan fingerprint density at radius 1 is 1.19 bits per heavy atom. The van der Waals surface area contributed by atoms with Crippen molar-refractivity contribution in [1.82, 2.24) is 14.7 Å². The molecule has 0 saturated carbocycles. The number of amides is 2. The van der Waals surface area contributed by atoms with Crippen LogP contribution in [0.5, 0.6) is 5.75 Å². The van der Waals surface area contributed by atoms with Crippen LogP contribution < -0.4 is 10.1 Å². The quantitative estimate of drug-likeness (QED) is 0.884. The minimum atomic E-state index is -0.0823. The van der Waals surface area contributed by atoms with Crippen LogP contribution in [0.1, 0.15) is 6.92 Å². The lowest BCUT2D eigenvalue weighted by Gasteiger charge is -2.37. The number of fused-ring (bicyclic) bond motifs is 1. The molecule has 0 aliphatic carbocycles. The lowest BCUT2D eigenvalue weighted by atomic mass is 10.2. The van der Waals surface area contributed by atoms with Gasteiger partial charge in [0.1, 0.15) is 17.4 Å². The minimum absolute atomic E-state index is 0.0823. The number of methoxy groups -OCH3 is 1. The minimum Gasteiger partial charge on any atom is -0.497 e. The van der Waals surface area contributed by atoms with E-state index in [0.717, 1.165) is 42.7 Å². The largest absolute Gasteiger partial charge is 0.497 e. The van der Waals surface area contributed by atoms with Crippen LogP contribution in [-0.2, 0) is 0 Å². The molecule has 1 saturated heterocycles. The zero-order valence-corrected chi connectivity index (χ0v) is 15.6. The maximum Gasteiger partial charge on any atom is 0.321 e. The highest BCUT2D eigenvalue weighted by Crippen LogP contribution is 2.20. The molecule has 0 aromatic heterocycles. The first-order valence-corrected chi connectivity index (χ1v) is 9.17. The summed E-state index contributed by atoms with van der Waals surface area (Å²) in [4.78, 5) is 27.7. The molecule has 0 bridgehead atoms. The van der Waals surface area contributed by atoms with Gasteiger partial charge in [-0.15, -0.1) is 0 Å². The summed E-state index contributed by atoms with van der Waals surface area (Å²) < 4.78 is 5.14. The SMILES string of the molecule is COc1ccc(NC(=O)N2CCN(C3=CC4=NCC(C)N4C=N3)CC2)cc1. The second-order valence-electron chi connectivity index (χ2n) is 6.84. The number of carbonyl (C=O) groups is 1. The van der Waals surface area contributed by atoms with Crippen molar-refractivity contribution < 1.29 is 9.53 Å². The van der Waals surface area contributed by atoms with E-state index in [-0.39, 0.29) is 6.03 Å². The lowest BCUT2D eigenvalue weighted by molar-refractivity contribution is 0.166. The van der Waals surface area contributed by atoms with Crippen molar-refractivity contribution in [1.29, 1.82) is 0 Å². The number of rotatable bonds is 3. The topological polar surface area (TPSA) is 72.8 Å². The number of ether oxygens (including phenoxy) is 1. The van der Waals surface area contributed by atoms with Gasteiger partial charge < -0.3 is 24.8 Å². The number of benzene rings is 1. The third kappa shape index (κ3) is 3.60. The van der Waals surface area contributed by atoms with Gasteiger partial charge in [0, 0.05) is 37.9 Å². The molecule has 2 amide bonds. The Kier molecular flexibility index (Phi) is 4.70. The number of carbonyl (C=O) groups excluding carboxylic acids is 1. The normalized spacial score (nSPS) is 21.6. The van der Waals surface area contributed by atoms with Crippen LogP contribution in [0.15, 0.2) is 46.1 Å². The van der Waals surface area contributed by atoms with Crippen molar-refractivity contribution in [3.05, 3.63) is 36.2 Å². The summed E-state index contributed by atoms with van der Waals surface area (Å²) in [5.74, 6) is 2.67. The molecule has 0 radical (unpaired) electrons. The van der Waals surface area contributed by atoms with Crippen LogP contribution >= 0.6 is 0 Å². The number of amidine groups is 1. The molecule has 142 valence electrons. The van der Waals surface area contributed by atoms with Gasteiger partial charge in [-0.05, 0) is 31.2 Å². The Bertz CT molecular complexity index is 793. The van der Waals surface area contributed by atoms with E-state index in [2.05, 4.69) is 32.0 Å². The monoisotopic (exact) mass is 368 g/mol. The van der Waals surface area contributed by atoms with Gasteiger partial charge in [-0.3, -0.25) is 4.99 Å². The van der Waals surface area contributed by atoms with Crippen LogP contribution in [0.4, 0.5) is 10.5 Å². The number of hydrogen-bond acceptors (Lipinski definition) is 6. The predicted molar refractivity (Wildman–Crippen MR) is 105 cm³/mol. The van der Waals surface area contributed by atoms with E-state index in [1.54, 1.807) is 7.11 Å². The Labute approximate surface area is 158 Å². The van der Waals surface area contributed by atoms with Crippen LogP contribution in [0.25, 0.3) is 0 Å². The summed E-state index contributed by atoms with van der Waals surface area (Å²) in [6.07, 6.45) is 3.91. The standard InChI is InChI=1S/C19H24N6O2/c1-14-12-20-18-11-17(21-13-25(14)18)23-7-9-24(10-8-23)19(26)22-15-3-5-16(27-2)6-4-15/h3-6,11,13-14H,7-10,12H2,1-2H3,(H,22,26). The van der Waals surface area contributed by atoms with Crippen molar-refractivity contribution in [2.75, 3.05) is 45.2 Å². The molecule has 1 aromatic carbocycles. The number of urea groups is 1. The maximum atomic E-state index is 12.5. The summed E-state index contributed by atoms with van der Waals surface area (Å²) in [5.41, 5.74) is 0.760. The van der Waals surface area contributed by atoms with E-state index in [4.69, 9.17) is 4.74 Å². The summed E-state index contributed by atoms with van der Waals surface area (Å²) in [5, 5.41) is 2.94. The second kappa shape index (κ2) is 7.30.